The molecule has 94 valence electrons. The predicted molar refractivity (Wildman–Crippen MR) is 78.7 cm³/mol. The van der Waals surface area contributed by atoms with E-state index in [0.29, 0.717) is 11.1 Å². The number of carbonyl (C=O) groups is 1. The smallest absolute Gasteiger partial charge is 0.151 e. The molecule has 0 aliphatic heterocycles. The highest BCUT2D eigenvalue weighted by atomic mass is 79.9. The van der Waals surface area contributed by atoms with Gasteiger partial charge in [-0.25, -0.2) is 0 Å². The predicted octanol–water partition coefficient (Wildman–Crippen LogP) is 3.90. The second kappa shape index (κ2) is 5.68. The lowest BCUT2D eigenvalue weighted by atomic mass is 10.2. The van der Waals surface area contributed by atoms with Crippen molar-refractivity contribution in [3.8, 4) is 6.07 Å². The molecule has 0 saturated heterocycles. The maximum absolute atomic E-state index is 10.8. The molecule has 0 unspecified atom stereocenters. The second-order valence-electron chi connectivity index (χ2n) is 4.04. The topological polar surface area (TPSA) is 44.1 Å². The Morgan fingerprint density at radius 2 is 1.79 bits per heavy atom. The third kappa shape index (κ3) is 2.83. The first-order valence-corrected chi connectivity index (χ1v) is 6.43. The number of nitrogens with zero attached hydrogens (tertiary/aromatic N) is 2. The first-order valence-electron chi connectivity index (χ1n) is 5.64. The summed E-state index contributed by atoms with van der Waals surface area (Å²) in [4.78, 5) is 12.8. The van der Waals surface area contributed by atoms with Crippen LogP contribution in [0.4, 0.5) is 11.4 Å². The lowest BCUT2D eigenvalue weighted by Crippen LogP contribution is -2.09. The number of nitriles is 1. The van der Waals surface area contributed by atoms with E-state index in [1.807, 2.05) is 36.2 Å². The summed E-state index contributed by atoms with van der Waals surface area (Å²) in [7, 11) is 1.93. The Morgan fingerprint density at radius 1 is 1.16 bits per heavy atom. The molecule has 2 aromatic rings. The van der Waals surface area contributed by atoms with Crippen LogP contribution in [0.25, 0.3) is 0 Å². The van der Waals surface area contributed by atoms with Crippen molar-refractivity contribution in [1.82, 2.24) is 0 Å². The van der Waals surface area contributed by atoms with Gasteiger partial charge in [-0.3, -0.25) is 4.79 Å². The highest BCUT2D eigenvalue weighted by molar-refractivity contribution is 9.10. The van der Waals surface area contributed by atoms with Crippen molar-refractivity contribution in [3.63, 3.8) is 0 Å². The number of anilines is 2. The fraction of sp³-hybridized carbons (Fsp3) is 0.0667. The van der Waals surface area contributed by atoms with Gasteiger partial charge in [-0.1, -0.05) is 0 Å². The third-order valence-electron chi connectivity index (χ3n) is 2.88. The maximum atomic E-state index is 10.8. The van der Waals surface area contributed by atoms with Gasteiger partial charge in [0.05, 0.1) is 11.6 Å². The first-order chi connectivity index (χ1) is 9.15. The molecular weight excluding hydrogens is 304 g/mol. The molecule has 0 saturated carbocycles. The van der Waals surface area contributed by atoms with E-state index in [1.165, 1.54) is 0 Å². The van der Waals surface area contributed by atoms with E-state index >= 15 is 0 Å². The van der Waals surface area contributed by atoms with Gasteiger partial charge in [-0.05, 0) is 58.4 Å². The van der Waals surface area contributed by atoms with Crippen LogP contribution in [0.3, 0.4) is 0 Å². The molecule has 0 heterocycles. The average Bonchev–Trinajstić information content (AvgIpc) is 2.46. The summed E-state index contributed by atoms with van der Waals surface area (Å²) in [5.41, 5.74) is 3.19. The largest absolute Gasteiger partial charge is 0.345 e. The van der Waals surface area contributed by atoms with Crippen LogP contribution in [0.1, 0.15) is 15.9 Å². The minimum absolute atomic E-state index is 0.622. The number of rotatable bonds is 3. The number of hydrogen-bond acceptors (Lipinski definition) is 3. The Hall–Kier alpha value is -2.12. The van der Waals surface area contributed by atoms with Crippen LogP contribution in [-0.2, 0) is 0 Å². The highest BCUT2D eigenvalue weighted by Gasteiger charge is 2.06. The molecule has 0 aromatic heterocycles. The molecule has 0 aliphatic carbocycles. The van der Waals surface area contributed by atoms with Crippen LogP contribution in [0.15, 0.2) is 46.9 Å². The molecule has 0 spiro atoms. The highest BCUT2D eigenvalue weighted by Crippen LogP contribution is 2.27. The van der Waals surface area contributed by atoms with E-state index in [0.717, 1.165) is 22.1 Å². The van der Waals surface area contributed by atoms with Crippen LogP contribution in [-0.4, -0.2) is 13.3 Å². The van der Waals surface area contributed by atoms with E-state index in [1.54, 1.807) is 18.2 Å². The second-order valence-corrected chi connectivity index (χ2v) is 4.90. The molecule has 2 aromatic carbocycles. The molecular formula is C15H11BrN2O. The molecule has 4 heteroatoms. The molecule has 0 radical (unpaired) electrons. The van der Waals surface area contributed by atoms with Crippen LogP contribution < -0.4 is 4.90 Å². The molecule has 0 atom stereocenters. The molecule has 3 nitrogen and oxygen atoms in total. The summed E-state index contributed by atoms with van der Waals surface area (Å²) in [5, 5.41) is 8.78. The minimum atomic E-state index is 0.622. The van der Waals surface area contributed by atoms with Gasteiger partial charge < -0.3 is 4.90 Å². The van der Waals surface area contributed by atoms with E-state index in [4.69, 9.17) is 5.26 Å². The van der Waals surface area contributed by atoms with Crippen molar-refractivity contribution in [2.45, 2.75) is 0 Å². The fourth-order valence-corrected chi connectivity index (χ4v) is 2.19. The summed E-state index contributed by atoms with van der Waals surface area (Å²) in [5.74, 6) is 0. The summed E-state index contributed by atoms with van der Waals surface area (Å²) >= 11 is 3.37. The van der Waals surface area contributed by atoms with Crippen molar-refractivity contribution in [2.75, 3.05) is 11.9 Å². The summed E-state index contributed by atoms with van der Waals surface area (Å²) < 4.78 is 0.764. The van der Waals surface area contributed by atoms with Crippen LogP contribution in [0.2, 0.25) is 0 Å². The number of aldehydes is 1. The average molecular weight is 315 g/mol. The third-order valence-corrected chi connectivity index (χ3v) is 3.57. The van der Waals surface area contributed by atoms with Gasteiger partial charge in [0.25, 0.3) is 0 Å². The van der Waals surface area contributed by atoms with Gasteiger partial charge >= 0.3 is 0 Å². The molecule has 0 aliphatic rings. The van der Waals surface area contributed by atoms with E-state index in [-0.39, 0.29) is 0 Å². The SMILES string of the molecule is CN(c1ccc(C#N)cc1)c1ccc(C=O)c(Br)c1. The van der Waals surface area contributed by atoms with Crippen molar-refractivity contribution in [3.05, 3.63) is 58.1 Å². The Morgan fingerprint density at radius 3 is 2.32 bits per heavy atom. The number of benzene rings is 2. The summed E-state index contributed by atoms with van der Waals surface area (Å²) in [6.07, 6.45) is 0.815. The van der Waals surface area contributed by atoms with Crippen LogP contribution in [0, 0.1) is 11.3 Å². The first kappa shape index (κ1) is 13.3. The van der Waals surface area contributed by atoms with Gasteiger partial charge in [0.2, 0.25) is 0 Å². The fourth-order valence-electron chi connectivity index (χ4n) is 1.73. The molecule has 0 N–H and O–H groups in total. The Bertz CT molecular complexity index is 644. The van der Waals surface area contributed by atoms with E-state index in [2.05, 4.69) is 22.0 Å². The number of carbonyl (C=O) groups excluding carboxylic acids is 1. The molecule has 0 bridgehead atoms. The maximum Gasteiger partial charge on any atom is 0.151 e. The standard InChI is InChI=1S/C15H11BrN2O/c1-18(13-5-2-11(9-17)3-6-13)14-7-4-12(10-19)15(16)8-14/h2-8,10H,1H3. The minimum Gasteiger partial charge on any atom is -0.345 e. The number of halogens is 1. The van der Waals surface area contributed by atoms with Gasteiger partial charge in [-0.15, -0.1) is 0 Å². The normalized spacial score (nSPS) is 9.74. The monoisotopic (exact) mass is 314 g/mol. The Labute approximate surface area is 120 Å². The lowest BCUT2D eigenvalue weighted by Gasteiger charge is -2.20. The van der Waals surface area contributed by atoms with Gasteiger partial charge in [0.1, 0.15) is 0 Å². The number of hydrogen-bond donors (Lipinski definition) is 0. The zero-order valence-corrected chi connectivity index (χ0v) is 11.9. The van der Waals surface area contributed by atoms with Crippen LogP contribution >= 0.6 is 15.9 Å². The zero-order chi connectivity index (χ0) is 13.8. The molecule has 0 fully saturated rings. The van der Waals surface area contributed by atoms with E-state index < -0.39 is 0 Å². The van der Waals surface area contributed by atoms with Crippen molar-refractivity contribution < 1.29 is 4.79 Å². The summed E-state index contributed by atoms with van der Waals surface area (Å²) in [6, 6.07) is 15.0. The Kier molecular flexibility index (Phi) is 3.98. The van der Waals surface area contributed by atoms with Crippen molar-refractivity contribution in [1.29, 1.82) is 5.26 Å². The summed E-state index contributed by atoms with van der Waals surface area (Å²) in [6.45, 7) is 0. The van der Waals surface area contributed by atoms with Crippen LogP contribution in [0.5, 0.6) is 0 Å². The van der Waals surface area contributed by atoms with Gasteiger partial charge in [-0.2, -0.15) is 5.26 Å². The van der Waals surface area contributed by atoms with Crippen molar-refractivity contribution in [2.24, 2.45) is 0 Å². The quantitative estimate of drug-likeness (QED) is 0.807. The zero-order valence-electron chi connectivity index (χ0n) is 10.3. The van der Waals surface area contributed by atoms with Crippen molar-refractivity contribution >= 4 is 33.6 Å². The molecule has 0 amide bonds. The molecule has 19 heavy (non-hydrogen) atoms. The van der Waals surface area contributed by atoms with E-state index in [9.17, 15) is 4.79 Å². The van der Waals surface area contributed by atoms with Gasteiger partial charge in [0, 0.05) is 28.5 Å². The Balaban J connectivity index is 2.32. The lowest BCUT2D eigenvalue weighted by molar-refractivity contribution is 0.112. The van der Waals surface area contributed by atoms with Gasteiger partial charge in [0.15, 0.2) is 6.29 Å². The molecule has 2 rings (SSSR count).